The van der Waals surface area contributed by atoms with Gasteiger partial charge < -0.3 is 0 Å². The van der Waals surface area contributed by atoms with Crippen LogP contribution in [0, 0.1) is 0 Å². The Hall–Kier alpha value is -2.23. The zero-order chi connectivity index (χ0) is 16.9. The van der Waals surface area contributed by atoms with E-state index < -0.39 is 0 Å². The fourth-order valence-corrected chi connectivity index (χ4v) is 4.10. The van der Waals surface area contributed by atoms with Crippen molar-refractivity contribution < 1.29 is 0 Å². The van der Waals surface area contributed by atoms with Gasteiger partial charge in [0.2, 0.25) is 0 Å². The maximum Gasteiger partial charge on any atom is 0.0346 e. The highest BCUT2D eigenvalue weighted by molar-refractivity contribution is 7.11. The average Bonchev–Trinajstić information content (AvgIpc) is 3.23. The molecule has 0 amide bonds. The molecule has 0 unspecified atom stereocenters. The Kier molecular flexibility index (Phi) is 5.05. The number of nitrogens with zero attached hydrogens (tertiary/aromatic N) is 2. The third-order valence-corrected chi connectivity index (χ3v) is 5.70. The van der Waals surface area contributed by atoms with Crippen LogP contribution in [0.4, 0.5) is 0 Å². The lowest BCUT2D eigenvalue weighted by Crippen LogP contribution is -2.30. The molecule has 2 nitrogen and oxygen atoms in total. The fraction of sp³-hybridized carbons (Fsp3) is 0.227. The lowest BCUT2D eigenvalue weighted by atomic mass is 10.0. The smallest absolute Gasteiger partial charge is 0.0346 e. The number of thiophene rings is 1. The molecule has 4 rings (SSSR count). The highest BCUT2D eigenvalue weighted by Gasteiger charge is 2.13. The van der Waals surface area contributed by atoms with Gasteiger partial charge in [-0.25, -0.2) is 0 Å². The maximum atomic E-state index is 4.44. The molecule has 0 spiro atoms. The second kappa shape index (κ2) is 7.77. The topological polar surface area (TPSA) is 16.1 Å². The Morgan fingerprint density at radius 3 is 2.68 bits per heavy atom. The number of benzene rings is 1. The van der Waals surface area contributed by atoms with Gasteiger partial charge in [-0.15, -0.1) is 11.3 Å². The summed E-state index contributed by atoms with van der Waals surface area (Å²) in [5.74, 6) is 0. The zero-order valence-electron chi connectivity index (χ0n) is 14.3. The summed E-state index contributed by atoms with van der Waals surface area (Å²) in [6.07, 6.45) is 8.56. The van der Waals surface area contributed by atoms with Gasteiger partial charge in [0.15, 0.2) is 0 Å². The van der Waals surface area contributed by atoms with Crippen LogP contribution in [-0.4, -0.2) is 29.5 Å². The summed E-state index contributed by atoms with van der Waals surface area (Å²) in [4.78, 5) is 8.41. The van der Waals surface area contributed by atoms with E-state index in [0.29, 0.717) is 0 Å². The predicted molar refractivity (Wildman–Crippen MR) is 107 cm³/mol. The summed E-state index contributed by atoms with van der Waals surface area (Å²) in [5, 5.41) is 2.16. The van der Waals surface area contributed by atoms with Crippen molar-refractivity contribution in [2.45, 2.75) is 12.8 Å². The molecule has 1 aliphatic rings. The molecule has 1 aliphatic heterocycles. The molecule has 2 aromatic heterocycles. The van der Waals surface area contributed by atoms with Crippen LogP contribution < -0.4 is 0 Å². The third-order valence-electron chi connectivity index (χ3n) is 4.75. The predicted octanol–water partition coefficient (Wildman–Crippen LogP) is 5.14. The van der Waals surface area contributed by atoms with Crippen molar-refractivity contribution in [3.63, 3.8) is 0 Å². The summed E-state index contributed by atoms with van der Waals surface area (Å²) in [5.41, 5.74) is 5.27. The minimum Gasteiger partial charge on any atom is -0.299 e. The molecule has 3 heterocycles. The lowest BCUT2D eigenvalue weighted by Gasteiger charge is -2.26. The van der Waals surface area contributed by atoms with Gasteiger partial charge in [-0.2, -0.15) is 0 Å². The molecule has 0 atom stereocenters. The third kappa shape index (κ3) is 4.06. The van der Waals surface area contributed by atoms with Crippen molar-refractivity contribution in [1.82, 2.24) is 9.88 Å². The van der Waals surface area contributed by atoms with Crippen LogP contribution in [0.2, 0.25) is 0 Å². The van der Waals surface area contributed by atoms with Crippen molar-refractivity contribution >= 4 is 16.9 Å². The van der Waals surface area contributed by atoms with Crippen molar-refractivity contribution in [1.29, 1.82) is 0 Å². The first-order valence-electron chi connectivity index (χ1n) is 8.83. The summed E-state index contributed by atoms with van der Waals surface area (Å²) in [6, 6.07) is 17.1. The molecule has 0 saturated carbocycles. The largest absolute Gasteiger partial charge is 0.299 e. The molecular formula is C22H22N2S. The number of pyridine rings is 1. The Morgan fingerprint density at radius 1 is 1.00 bits per heavy atom. The van der Waals surface area contributed by atoms with E-state index in [-0.39, 0.29) is 0 Å². The molecule has 25 heavy (non-hydrogen) atoms. The van der Waals surface area contributed by atoms with Crippen LogP contribution in [0.1, 0.15) is 16.9 Å². The lowest BCUT2D eigenvalue weighted by molar-refractivity contribution is 0.306. The number of hydrogen-bond donors (Lipinski definition) is 0. The monoisotopic (exact) mass is 346 g/mol. The van der Waals surface area contributed by atoms with Gasteiger partial charge in [-0.05, 0) is 47.1 Å². The van der Waals surface area contributed by atoms with E-state index in [2.05, 4.69) is 69.9 Å². The second-order valence-corrected chi connectivity index (χ2v) is 7.40. The van der Waals surface area contributed by atoms with Crippen LogP contribution in [-0.2, 0) is 6.42 Å². The van der Waals surface area contributed by atoms with Gasteiger partial charge >= 0.3 is 0 Å². The highest BCUT2D eigenvalue weighted by Crippen LogP contribution is 2.26. The molecule has 0 aliphatic carbocycles. The van der Waals surface area contributed by atoms with Crippen molar-refractivity contribution in [2.24, 2.45) is 0 Å². The minimum absolute atomic E-state index is 1.05. The summed E-state index contributed by atoms with van der Waals surface area (Å²) in [6.45, 7) is 3.29. The molecule has 126 valence electrons. The standard InChI is InChI=1S/C22H22N2S/c1-2-5-19(6-3-1)21-15-18(16-23-17-21)8-11-24-12-9-20(10-13-24)22-7-4-14-25-22/h1-7,9,14-17H,8,10-13H2. The molecule has 3 heteroatoms. The van der Waals surface area contributed by atoms with E-state index in [1.165, 1.54) is 27.1 Å². The Labute approximate surface area is 153 Å². The first kappa shape index (κ1) is 16.2. The SMILES string of the molecule is C1=C(c2cccs2)CCN(CCc2cncc(-c3ccccc3)c2)C1. The molecule has 0 saturated heterocycles. The number of rotatable bonds is 5. The Morgan fingerprint density at radius 2 is 1.92 bits per heavy atom. The van der Waals surface area contributed by atoms with Crippen LogP contribution in [0.25, 0.3) is 16.7 Å². The van der Waals surface area contributed by atoms with Gasteiger partial charge in [0.1, 0.15) is 0 Å². The first-order valence-corrected chi connectivity index (χ1v) is 9.71. The van der Waals surface area contributed by atoms with Gasteiger partial charge in [-0.1, -0.05) is 42.5 Å². The fourth-order valence-electron chi connectivity index (χ4n) is 3.30. The van der Waals surface area contributed by atoms with E-state index in [1.54, 1.807) is 0 Å². The van der Waals surface area contributed by atoms with Gasteiger partial charge in [0.05, 0.1) is 0 Å². The minimum atomic E-state index is 1.05. The van der Waals surface area contributed by atoms with Crippen LogP contribution in [0.15, 0.2) is 72.4 Å². The molecule has 3 aromatic rings. The van der Waals surface area contributed by atoms with E-state index in [0.717, 1.165) is 32.5 Å². The molecule has 0 radical (unpaired) electrons. The van der Waals surface area contributed by atoms with Gasteiger partial charge in [-0.3, -0.25) is 9.88 Å². The number of hydrogen-bond acceptors (Lipinski definition) is 3. The average molecular weight is 346 g/mol. The summed E-state index contributed by atoms with van der Waals surface area (Å²) >= 11 is 1.85. The van der Waals surface area contributed by atoms with E-state index in [1.807, 2.05) is 23.7 Å². The maximum absolute atomic E-state index is 4.44. The summed E-state index contributed by atoms with van der Waals surface area (Å²) < 4.78 is 0. The Bertz CT molecular complexity index is 837. The van der Waals surface area contributed by atoms with Crippen molar-refractivity contribution in [3.8, 4) is 11.1 Å². The molecule has 0 fully saturated rings. The normalized spacial score (nSPS) is 15.1. The summed E-state index contributed by atoms with van der Waals surface area (Å²) in [7, 11) is 0. The van der Waals surface area contributed by atoms with Gasteiger partial charge in [0, 0.05) is 42.5 Å². The van der Waals surface area contributed by atoms with E-state index in [4.69, 9.17) is 0 Å². The second-order valence-electron chi connectivity index (χ2n) is 6.46. The molecular weight excluding hydrogens is 324 g/mol. The van der Waals surface area contributed by atoms with Crippen LogP contribution in [0.5, 0.6) is 0 Å². The quantitative estimate of drug-likeness (QED) is 0.636. The highest BCUT2D eigenvalue weighted by atomic mass is 32.1. The number of aromatic nitrogens is 1. The Balaban J connectivity index is 1.36. The van der Waals surface area contributed by atoms with Crippen molar-refractivity contribution in [3.05, 3.63) is 82.8 Å². The molecule has 0 N–H and O–H groups in total. The van der Waals surface area contributed by atoms with Crippen LogP contribution >= 0.6 is 11.3 Å². The van der Waals surface area contributed by atoms with E-state index >= 15 is 0 Å². The zero-order valence-corrected chi connectivity index (χ0v) is 15.1. The molecule has 1 aromatic carbocycles. The molecule has 0 bridgehead atoms. The van der Waals surface area contributed by atoms with Crippen molar-refractivity contribution in [2.75, 3.05) is 19.6 Å². The van der Waals surface area contributed by atoms with Crippen LogP contribution in [0.3, 0.4) is 0 Å². The van der Waals surface area contributed by atoms with Gasteiger partial charge in [0.25, 0.3) is 0 Å². The first-order chi connectivity index (χ1) is 12.4. The van der Waals surface area contributed by atoms with E-state index in [9.17, 15) is 0 Å².